The van der Waals surface area contributed by atoms with Gasteiger partial charge in [0.05, 0.1) is 6.54 Å². The number of rotatable bonds is 3. The fourth-order valence-corrected chi connectivity index (χ4v) is 2.61. The summed E-state index contributed by atoms with van der Waals surface area (Å²) in [4.78, 5) is 6.99. The van der Waals surface area contributed by atoms with Crippen LogP contribution < -0.4 is 5.32 Å². The van der Waals surface area contributed by atoms with E-state index in [4.69, 9.17) is 4.99 Å². The van der Waals surface area contributed by atoms with Gasteiger partial charge in [0.25, 0.3) is 0 Å². The quantitative estimate of drug-likeness (QED) is 0.855. The third-order valence-electron chi connectivity index (χ3n) is 3.81. The lowest BCUT2D eigenvalue weighted by molar-refractivity contribution is 0.204. The number of aliphatic imine (C=N–C) groups is 1. The van der Waals surface area contributed by atoms with Crippen LogP contribution in [-0.2, 0) is 0 Å². The number of likely N-dealkylation sites (N-methyl/N-ethyl adjacent to an activating group) is 1. The first-order chi connectivity index (χ1) is 8.13. The Morgan fingerprint density at radius 1 is 1.28 bits per heavy atom. The van der Waals surface area contributed by atoms with Crippen LogP contribution in [0.15, 0.2) is 4.99 Å². The smallest absolute Gasteiger partial charge is 0.156 e. The van der Waals surface area contributed by atoms with E-state index in [1.54, 1.807) is 0 Å². The zero-order valence-corrected chi connectivity index (χ0v) is 13.8. The Morgan fingerprint density at radius 2 is 1.89 bits per heavy atom. The van der Waals surface area contributed by atoms with Crippen molar-refractivity contribution in [2.24, 2.45) is 10.4 Å². The summed E-state index contributed by atoms with van der Waals surface area (Å²) >= 11 is 1.86. The first kappa shape index (κ1) is 15.8. The topological polar surface area (TPSA) is 27.6 Å². The maximum atomic E-state index is 4.77. The van der Waals surface area contributed by atoms with E-state index >= 15 is 0 Å². The van der Waals surface area contributed by atoms with Gasteiger partial charge >= 0.3 is 0 Å². The number of amidine groups is 1. The van der Waals surface area contributed by atoms with Gasteiger partial charge < -0.3 is 10.2 Å². The maximum absolute atomic E-state index is 4.77. The molecule has 1 heterocycles. The van der Waals surface area contributed by atoms with Crippen molar-refractivity contribution >= 4 is 16.9 Å². The Hall–Kier alpha value is -0.220. The molecule has 0 radical (unpaired) electrons. The zero-order chi connectivity index (χ0) is 14.0. The van der Waals surface area contributed by atoms with Gasteiger partial charge in [0.1, 0.15) is 0 Å². The zero-order valence-electron chi connectivity index (χ0n) is 13.0. The van der Waals surface area contributed by atoms with Crippen molar-refractivity contribution in [1.29, 1.82) is 0 Å². The minimum Gasteiger partial charge on any atom is -0.362 e. The molecule has 4 heteroatoms. The monoisotopic (exact) mass is 271 g/mol. The molecule has 1 N–H and O–H groups in total. The van der Waals surface area contributed by atoms with Crippen LogP contribution in [0.3, 0.4) is 0 Å². The van der Waals surface area contributed by atoms with Gasteiger partial charge in [-0.1, -0.05) is 32.5 Å². The largest absolute Gasteiger partial charge is 0.362 e. The van der Waals surface area contributed by atoms with Gasteiger partial charge in [-0.15, -0.1) is 0 Å². The van der Waals surface area contributed by atoms with Crippen LogP contribution in [-0.4, -0.2) is 48.0 Å². The molecule has 18 heavy (non-hydrogen) atoms. The minimum atomic E-state index is 0.115. The lowest BCUT2D eigenvalue weighted by atomic mass is 9.85. The number of nitrogens with zero attached hydrogens (tertiary/aromatic N) is 2. The second kappa shape index (κ2) is 5.83. The van der Waals surface area contributed by atoms with Gasteiger partial charge in [-0.25, -0.2) is 0 Å². The van der Waals surface area contributed by atoms with Crippen LogP contribution >= 0.6 is 11.8 Å². The van der Waals surface area contributed by atoms with Crippen molar-refractivity contribution in [2.75, 3.05) is 26.4 Å². The van der Waals surface area contributed by atoms with Crippen molar-refractivity contribution < 1.29 is 0 Å². The maximum Gasteiger partial charge on any atom is 0.156 e. The number of nitrogens with one attached hydrogen (secondary N) is 1. The van der Waals surface area contributed by atoms with E-state index in [1.165, 1.54) is 12.2 Å². The molecular weight excluding hydrogens is 242 g/mol. The molecule has 106 valence electrons. The Kier molecular flexibility index (Phi) is 5.13. The van der Waals surface area contributed by atoms with Crippen LogP contribution in [0.2, 0.25) is 0 Å². The molecule has 1 rings (SSSR count). The number of thioether (sulfide) groups is 1. The molecule has 0 aromatic carbocycles. The predicted molar refractivity (Wildman–Crippen MR) is 83.5 cm³/mol. The molecule has 0 spiro atoms. The van der Waals surface area contributed by atoms with Gasteiger partial charge in [-0.05, 0) is 39.8 Å². The Balaban J connectivity index is 2.62. The molecule has 1 aliphatic rings. The van der Waals surface area contributed by atoms with E-state index < -0.39 is 0 Å². The molecule has 0 aromatic heterocycles. The van der Waals surface area contributed by atoms with E-state index in [-0.39, 0.29) is 5.54 Å². The molecular formula is C14H29N3S. The molecule has 1 unspecified atom stereocenters. The van der Waals surface area contributed by atoms with Crippen LogP contribution in [0.5, 0.6) is 0 Å². The molecule has 0 saturated carbocycles. The molecule has 1 aliphatic heterocycles. The van der Waals surface area contributed by atoms with Crippen LogP contribution in [0.1, 0.15) is 41.0 Å². The molecule has 0 aliphatic carbocycles. The molecule has 3 nitrogen and oxygen atoms in total. The Labute approximate surface area is 117 Å². The highest BCUT2D eigenvalue weighted by Crippen LogP contribution is 2.27. The SMILES string of the molecule is CN(C)C(C)(C)CN=C1NC(C(C)(C)C)CCS1. The highest BCUT2D eigenvalue weighted by atomic mass is 32.2. The van der Waals surface area contributed by atoms with Gasteiger partial charge in [0, 0.05) is 17.3 Å². The highest BCUT2D eigenvalue weighted by molar-refractivity contribution is 8.13. The molecule has 1 atom stereocenters. The average molecular weight is 271 g/mol. The van der Waals surface area contributed by atoms with Gasteiger partial charge in [-0.2, -0.15) is 0 Å². The first-order valence-corrected chi connectivity index (χ1v) is 7.73. The van der Waals surface area contributed by atoms with E-state index in [0.717, 1.165) is 11.7 Å². The van der Waals surface area contributed by atoms with Crippen molar-refractivity contribution in [3.63, 3.8) is 0 Å². The normalized spacial score (nSPS) is 24.4. The second-order valence-corrected chi connectivity index (χ2v) is 8.11. The summed E-state index contributed by atoms with van der Waals surface area (Å²) in [6, 6.07) is 0.542. The van der Waals surface area contributed by atoms with Gasteiger partial charge in [0.15, 0.2) is 5.17 Å². The Morgan fingerprint density at radius 3 is 2.39 bits per heavy atom. The lowest BCUT2D eigenvalue weighted by Crippen LogP contribution is -2.47. The summed E-state index contributed by atoms with van der Waals surface area (Å²) in [6.45, 7) is 12.2. The standard InChI is InChI=1S/C14H29N3S/c1-13(2,3)11-8-9-18-12(16-11)15-10-14(4,5)17(6)7/h11H,8-10H2,1-7H3,(H,15,16). The number of hydrogen-bond donors (Lipinski definition) is 1. The van der Waals surface area contributed by atoms with E-state index in [2.05, 4.69) is 58.9 Å². The fourth-order valence-electron chi connectivity index (χ4n) is 1.68. The van der Waals surface area contributed by atoms with Gasteiger partial charge in [-0.3, -0.25) is 4.99 Å². The van der Waals surface area contributed by atoms with Crippen LogP contribution in [0.25, 0.3) is 0 Å². The third-order valence-corrected chi connectivity index (χ3v) is 4.77. The predicted octanol–water partition coefficient (Wildman–Crippen LogP) is 2.82. The fraction of sp³-hybridized carbons (Fsp3) is 0.929. The molecule has 0 bridgehead atoms. The lowest BCUT2D eigenvalue weighted by Gasteiger charge is -2.36. The summed E-state index contributed by atoms with van der Waals surface area (Å²) in [5.41, 5.74) is 0.419. The van der Waals surface area contributed by atoms with E-state index in [0.29, 0.717) is 11.5 Å². The van der Waals surface area contributed by atoms with E-state index in [1.807, 2.05) is 11.8 Å². The average Bonchev–Trinajstić information content (AvgIpc) is 2.25. The van der Waals surface area contributed by atoms with Crippen molar-refractivity contribution in [3.8, 4) is 0 Å². The molecule has 1 saturated heterocycles. The summed E-state index contributed by atoms with van der Waals surface area (Å²) in [6.07, 6.45) is 1.23. The molecule has 0 amide bonds. The van der Waals surface area contributed by atoms with Crippen molar-refractivity contribution in [3.05, 3.63) is 0 Å². The Bertz CT molecular complexity index is 303. The highest BCUT2D eigenvalue weighted by Gasteiger charge is 2.29. The summed E-state index contributed by atoms with van der Waals surface area (Å²) in [5, 5.41) is 4.72. The first-order valence-electron chi connectivity index (χ1n) is 6.74. The van der Waals surface area contributed by atoms with Crippen molar-refractivity contribution in [2.45, 2.75) is 52.6 Å². The van der Waals surface area contributed by atoms with Crippen LogP contribution in [0.4, 0.5) is 0 Å². The van der Waals surface area contributed by atoms with Crippen molar-refractivity contribution in [1.82, 2.24) is 10.2 Å². The minimum absolute atomic E-state index is 0.115. The van der Waals surface area contributed by atoms with Gasteiger partial charge in [0.2, 0.25) is 0 Å². The molecule has 0 aromatic rings. The van der Waals surface area contributed by atoms with E-state index in [9.17, 15) is 0 Å². The second-order valence-electron chi connectivity index (χ2n) is 7.03. The summed E-state index contributed by atoms with van der Waals surface area (Å²) in [5.74, 6) is 1.18. The number of hydrogen-bond acceptors (Lipinski definition) is 3. The van der Waals surface area contributed by atoms with Crippen LogP contribution in [0, 0.1) is 5.41 Å². The molecule has 1 fully saturated rings. The third kappa shape index (κ3) is 4.47. The summed E-state index contributed by atoms with van der Waals surface area (Å²) < 4.78 is 0. The summed E-state index contributed by atoms with van der Waals surface area (Å²) in [7, 11) is 4.22.